The van der Waals surface area contributed by atoms with Crippen molar-refractivity contribution in [2.24, 2.45) is 0 Å². The molecule has 1 heterocycles. The predicted octanol–water partition coefficient (Wildman–Crippen LogP) is 2.32. The highest BCUT2D eigenvalue weighted by molar-refractivity contribution is 6.39. The van der Waals surface area contributed by atoms with Crippen LogP contribution in [0.4, 0.5) is 5.69 Å². The SMILES string of the molecule is CC(NC(=O)c1cc(Cl)c(N)c(Cl)c1)C(=O)N1CCCC1. The van der Waals surface area contributed by atoms with Gasteiger partial charge in [-0.3, -0.25) is 9.59 Å². The molecule has 0 radical (unpaired) electrons. The lowest BCUT2D eigenvalue weighted by Gasteiger charge is -2.21. The topological polar surface area (TPSA) is 75.4 Å². The number of nitrogen functional groups attached to an aromatic ring is 1. The summed E-state index contributed by atoms with van der Waals surface area (Å²) in [6.45, 7) is 3.16. The van der Waals surface area contributed by atoms with Crippen molar-refractivity contribution < 1.29 is 9.59 Å². The van der Waals surface area contributed by atoms with Gasteiger partial charge < -0.3 is 16.0 Å². The smallest absolute Gasteiger partial charge is 0.252 e. The third-order valence-electron chi connectivity index (χ3n) is 3.48. The molecule has 0 aromatic heterocycles. The van der Waals surface area contributed by atoms with Crippen LogP contribution in [0.2, 0.25) is 10.0 Å². The minimum Gasteiger partial charge on any atom is -0.396 e. The van der Waals surface area contributed by atoms with E-state index in [1.807, 2.05) is 0 Å². The second kappa shape index (κ2) is 6.54. The minimum absolute atomic E-state index is 0.0755. The lowest BCUT2D eigenvalue weighted by atomic mass is 10.1. The van der Waals surface area contributed by atoms with E-state index in [9.17, 15) is 9.59 Å². The van der Waals surface area contributed by atoms with E-state index in [2.05, 4.69) is 5.32 Å². The van der Waals surface area contributed by atoms with Crippen LogP contribution in [0.15, 0.2) is 12.1 Å². The van der Waals surface area contributed by atoms with Gasteiger partial charge >= 0.3 is 0 Å². The van der Waals surface area contributed by atoms with Crippen molar-refractivity contribution in [3.8, 4) is 0 Å². The highest BCUT2D eigenvalue weighted by atomic mass is 35.5. The Balaban J connectivity index is 2.05. The molecule has 0 bridgehead atoms. The van der Waals surface area contributed by atoms with Crippen molar-refractivity contribution in [3.63, 3.8) is 0 Å². The van der Waals surface area contributed by atoms with Gasteiger partial charge in [0.05, 0.1) is 15.7 Å². The molecule has 1 unspecified atom stereocenters. The second-order valence-electron chi connectivity index (χ2n) is 5.08. The Morgan fingerprint density at radius 1 is 1.24 bits per heavy atom. The predicted molar refractivity (Wildman–Crippen MR) is 83.6 cm³/mol. The molecular weight excluding hydrogens is 313 g/mol. The molecule has 114 valence electrons. The number of carbonyl (C=O) groups excluding carboxylic acids is 2. The van der Waals surface area contributed by atoms with Crippen LogP contribution in [0.25, 0.3) is 0 Å². The number of hydrogen-bond donors (Lipinski definition) is 2. The molecule has 1 aromatic carbocycles. The van der Waals surface area contributed by atoms with E-state index in [0.29, 0.717) is 0 Å². The molecule has 1 aliphatic rings. The summed E-state index contributed by atoms with van der Waals surface area (Å²) in [7, 11) is 0. The van der Waals surface area contributed by atoms with E-state index in [-0.39, 0.29) is 27.2 Å². The molecule has 1 aromatic rings. The monoisotopic (exact) mass is 329 g/mol. The first-order valence-electron chi connectivity index (χ1n) is 6.74. The molecule has 2 amide bonds. The number of likely N-dealkylation sites (tertiary alicyclic amines) is 1. The Hall–Kier alpha value is -1.46. The van der Waals surface area contributed by atoms with Gasteiger partial charge in [-0.15, -0.1) is 0 Å². The maximum atomic E-state index is 12.2. The molecule has 2 rings (SSSR count). The molecule has 21 heavy (non-hydrogen) atoms. The molecule has 0 spiro atoms. The first-order chi connectivity index (χ1) is 9.90. The summed E-state index contributed by atoms with van der Waals surface area (Å²) in [5.41, 5.74) is 6.14. The summed E-state index contributed by atoms with van der Waals surface area (Å²) in [5.74, 6) is -0.479. The third-order valence-corrected chi connectivity index (χ3v) is 4.10. The van der Waals surface area contributed by atoms with Crippen molar-refractivity contribution in [1.29, 1.82) is 0 Å². The van der Waals surface area contributed by atoms with E-state index in [0.717, 1.165) is 25.9 Å². The van der Waals surface area contributed by atoms with Crippen LogP contribution in [0, 0.1) is 0 Å². The number of carbonyl (C=O) groups is 2. The molecule has 1 atom stereocenters. The average molecular weight is 330 g/mol. The summed E-state index contributed by atoms with van der Waals surface area (Å²) in [6.07, 6.45) is 2.02. The molecule has 1 aliphatic heterocycles. The molecule has 5 nitrogen and oxygen atoms in total. The largest absolute Gasteiger partial charge is 0.396 e. The number of nitrogens with one attached hydrogen (secondary N) is 1. The zero-order valence-corrected chi connectivity index (χ0v) is 13.2. The van der Waals surface area contributed by atoms with Crippen LogP contribution >= 0.6 is 23.2 Å². The van der Waals surface area contributed by atoms with Gasteiger partial charge in [-0.05, 0) is 31.9 Å². The van der Waals surface area contributed by atoms with Crippen LogP contribution in [-0.2, 0) is 4.79 Å². The number of halogens is 2. The van der Waals surface area contributed by atoms with Crippen LogP contribution in [-0.4, -0.2) is 35.8 Å². The van der Waals surface area contributed by atoms with Gasteiger partial charge in [0.2, 0.25) is 5.91 Å². The Kier molecular flexibility index (Phi) is 4.96. The van der Waals surface area contributed by atoms with Crippen molar-refractivity contribution in [3.05, 3.63) is 27.7 Å². The van der Waals surface area contributed by atoms with Gasteiger partial charge in [0.25, 0.3) is 5.91 Å². The fourth-order valence-corrected chi connectivity index (χ4v) is 2.76. The summed E-state index contributed by atoms with van der Waals surface area (Å²) in [4.78, 5) is 26.0. The van der Waals surface area contributed by atoms with Crippen molar-refractivity contribution in [1.82, 2.24) is 10.2 Å². The molecule has 0 saturated carbocycles. The van der Waals surface area contributed by atoms with Crippen LogP contribution in [0.5, 0.6) is 0 Å². The highest BCUT2D eigenvalue weighted by Gasteiger charge is 2.25. The number of amides is 2. The van der Waals surface area contributed by atoms with E-state index in [1.54, 1.807) is 11.8 Å². The van der Waals surface area contributed by atoms with Crippen molar-refractivity contribution in [2.75, 3.05) is 18.8 Å². The zero-order chi connectivity index (χ0) is 15.6. The standard InChI is InChI=1S/C14H17Cl2N3O2/c1-8(14(21)19-4-2-3-5-19)18-13(20)9-6-10(15)12(17)11(16)7-9/h6-8H,2-5,17H2,1H3,(H,18,20). The van der Waals surface area contributed by atoms with E-state index in [1.165, 1.54) is 12.1 Å². The lowest BCUT2D eigenvalue weighted by molar-refractivity contribution is -0.131. The number of rotatable bonds is 3. The van der Waals surface area contributed by atoms with E-state index >= 15 is 0 Å². The number of nitrogens with two attached hydrogens (primary N) is 1. The van der Waals surface area contributed by atoms with Crippen molar-refractivity contribution in [2.45, 2.75) is 25.8 Å². The maximum Gasteiger partial charge on any atom is 0.252 e. The second-order valence-corrected chi connectivity index (χ2v) is 5.90. The molecule has 3 N–H and O–H groups in total. The van der Waals surface area contributed by atoms with Crippen molar-refractivity contribution >= 4 is 40.7 Å². The fraction of sp³-hybridized carbons (Fsp3) is 0.429. The summed E-state index contributed by atoms with van der Waals surface area (Å²) in [6, 6.07) is 2.28. The van der Waals surface area contributed by atoms with Gasteiger partial charge in [-0.1, -0.05) is 23.2 Å². The zero-order valence-electron chi connectivity index (χ0n) is 11.7. The Morgan fingerprint density at radius 3 is 2.29 bits per heavy atom. The first-order valence-corrected chi connectivity index (χ1v) is 7.50. The maximum absolute atomic E-state index is 12.2. The van der Waals surface area contributed by atoms with E-state index < -0.39 is 11.9 Å². The Morgan fingerprint density at radius 2 is 1.76 bits per heavy atom. The fourth-order valence-electron chi connectivity index (χ4n) is 2.27. The molecule has 1 fully saturated rings. The van der Waals surface area contributed by atoms with Gasteiger partial charge in [0, 0.05) is 18.7 Å². The quantitative estimate of drug-likeness (QED) is 0.835. The number of hydrogen-bond acceptors (Lipinski definition) is 3. The first kappa shape index (κ1) is 15.9. The lowest BCUT2D eigenvalue weighted by Crippen LogP contribution is -2.45. The normalized spacial score (nSPS) is 15.9. The van der Waals surface area contributed by atoms with E-state index in [4.69, 9.17) is 28.9 Å². The summed E-state index contributed by atoms with van der Waals surface area (Å²) >= 11 is 11.8. The van der Waals surface area contributed by atoms with Crippen LogP contribution < -0.4 is 11.1 Å². The summed E-state index contributed by atoms with van der Waals surface area (Å²) < 4.78 is 0. The number of nitrogens with zero attached hydrogens (tertiary/aromatic N) is 1. The van der Waals surface area contributed by atoms with Gasteiger partial charge in [0.1, 0.15) is 6.04 Å². The highest BCUT2D eigenvalue weighted by Crippen LogP contribution is 2.28. The van der Waals surface area contributed by atoms with Gasteiger partial charge in [-0.2, -0.15) is 0 Å². The minimum atomic E-state index is -0.592. The molecule has 7 heteroatoms. The molecular formula is C14H17Cl2N3O2. The average Bonchev–Trinajstić information content (AvgIpc) is 2.97. The third kappa shape index (κ3) is 3.60. The number of anilines is 1. The molecule has 0 aliphatic carbocycles. The van der Waals surface area contributed by atoms with Gasteiger partial charge in [0.15, 0.2) is 0 Å². The Bertz CT molecular complexity index is 548. The summed E-state index contributed by atoms with van der Waals surface area (Å²) in [5, 5.41) is 3.09. The van der Waals surface area contributed by atoms with Crippen LogP contribution in [0.3, 0.4) is 0 Å². The van der Waals surface area contributed by atoms with Gasteiger partial charge in [-0.25, -0.2) is 0 Å². The molecule has 1 saturated heterocycles. The Labute approximate surface area is 133 Å². The number of benzene rings is 1. The van der Waals surface area contributed by atoms with Crippen LogP contribution in [0.1, 0.15) is 30.1 Å².